The van der Waals surface area contributed by atoms with Gasteiger partial charge in [0.1, 0.15) is 0 Å². The summed E-state index contributed by atoms with van der Waals surface area (Å²) >= 11 is 6.24. The van der Waals surface area contributed by atoms with Gasteiger partial charge in [0.2, 0.25) is 5.91 Å². The number of carbonyl (C=O) groups is 1. The summed E-state index contributed by atoms with van der Waals surface area (Å²) < 4.78 is 1.92. The number of benzene rings is 2. The SMILES string of the molecule is O=C1CCc2cc3c(c4c5cc(Cl)ccc5n1c24)CCNC3. The minimum Gasteiger partial charge on any atom is -0.312 e. The first-order valence-corrected chi connectivity index (χ1v) is 8.13. The lowest BCUT2D eigenvalue weighted by Gasteiger charge is -2.22. The number of halogens is 1. The first kappa shape index (κ1) is 12.7. The van der Waals surface area contributed by atoms with Gasteiger partial charge in [-0.1, -0.05) is 17.7 Å². The molecule has 1 N–H and O–H groups in total. The van der Waals surface area contributed by atoms with Gasteiger partial charge in [0, 0.05) is 28.8 Å². The molecule has 0 atom stereocenters. The summed E-state index contributed by atoms with van der Waals surface area (Å²) in [5.74, 6) is 0.198. The highest BCUT2D eigenvalue weighted by Crippen LogP contribution is 2.40. The smallest absolute Gasteiger partial charge is 0.231 e. The van der Waals surface area contributed by atoms with Crippen LogP contribution >= 0.6 is 11.6 Å². The highest BCUT2D eigenvalue weighted by molar-refractivity contribution is 6.32. The molecule has 2 aliphatic heterocycles. The van der Waals surface area contributed by atoms with E-state index < -0.39 is 0 Å². The van der Waals surface area contributed by atoms with Gasteiger partial charge in [-0.3, -0.25) is 9.36 Å². The van der Waals surface area contributed by atoms with E-state index in [2.05, 4.69) is 11.4 Å². The molecule has 0 spiro atoms. The Morgan fingerprint density at radius 3 is 2.91 bits per heavy atom. The molecular weight excluding hydrogens is 296 g/mol. The Balaban J connectivity index is 2.07. The molecule has 0 bridgehead atoms. The van der Waals surface area contributed by atoms with Gasteiger partial charge in [0.05, 0.1) is 11.0 Å². The molecule has 110 valence electrons. The van der Waals surface area contributed by atoms with Gasteiger partial charge < -0.3 is 5.32 Å². The van der Waals surface area contributed by atoms with Crippen LogP contribution < -0.4 is 5.32 Å². The molecule has 0 unspecified atom stereocenters. The molecule has 3 nitrogen and oxygen atoms in total. The van der Waals surface area contributed by atoms with Crippen LogP contribution in [-0.2, 0) is 19.4 Å². The molecule has 2 aromatic carbocycles. The summed E-state index contributed by atoms with van der Waals surface area (Å²) in [5, 5.41) is 6.55. The Labute approximate surface area is 132 Å². The second kappa shape index (κ2) is 4.34. The number of nitrogens with zero attached hydrogens (tertiary/aromatic N) is 1. The summed E-state index contributed by atoms with van der Waals surface area (Å²) in [6.45, 7) is 1.90. The standard InChI is InChI=1S/C18H15ClN2O/c19-12-2-3-15-14(8-12)17-13-5-6-20-9-11(13)7-10-1-4-16(22)21(15)18(10)17/h2-3,7-8,20H,1,4-6,9H2. The molecule has 5 rings (SSSR count). The van der Waals surface area contributed by atoms with Crippen LogP contribution in [0.2, 0.25) is 5.02 Å². The zero-order valence-electron chi connectivity index (χ0n) is 12.1. The molecule has 0 amide bonds. The van der Waals surface area contributed by atoms with E-state index in [1.807, 2.05) is 22.8 Å². The number of rotatable bonds is 0. The van der Waals surface area contributed by atoms with E-state index in [0.717, 1.165) is 47.4 Å². The second-order valence-electron chi connectivity index (χ2n) is 6.21. The largest absolute Gasteiger partial charge is 0.312 e. The highest BCUT2D eigenvalue weighted by atomic mass is 35.5. The van der Waals surface area contributed by atoms with Crippen LogP contribution in [0.5, 0.6) is 0 Å². The van der Waals surface area contributed by atoms with Crippen molar-refractivity contribution in [1.82, 2.24) is 9.88 Å². The minimum absolute atomic E-state index is 0.198. The van der Waals surface area contributed by atoms with Crippen molar-refractivity contribution < 1.29 is 4.79 Å². The van der Waals surface area contributed by atoms with Crippen molar-refractivity contribution in [2.24, 2.45) is 0 Å². The van der Waals surface area contributed by atoms with E-state index in [9.17, 15) is 4.79 Å². The average Bonchev–Trinajstić information content (AvgIpc) is 2.87. The molecule has 0 radical (unpaired) electrons. The summed E-state index contributed by atoms with van der Waals surface area (Å²) in [6, 6.07) is 8.17. The average molecular weight is 311 g/mol. The minimum atomic E-state index is 0.198. The van der Waals surface area contributed by atoms with Crippen molar-refractivity contribution in [2.75, 3.05) is 6.54 Å². The van der Waals surface area contributed by atoms with E-state index in [1.165, 1.54) is 22.1 Å². The van der Waals surface area contributed by atoms with Gasteiger partial charge in [-0.15, -0.1) is 0 Å². The maximum absolute atomic E-state index is 12.5. The zero-order valence-corrected chi connectivity index (χ0v) is 12.8. The predicted molar refractivity (Wildman–Crippen MR) is 88.8 cm³/mol. The van der Waals surface area contributed by atoms with Crippen molar-refractivity contribution in [3.8, 4) is 0 Å². The lowest BCUT2D eigenvalue weighted by Crippen LogP contribution is -2.25. The fraction of sp³-hybridized carbons (Fsp3) is 0.278. The number of aryl methyl sites for hydroxylation is 1. The van der Waals surface area contributed by atoms with Crippen LogP contribution in [0.3, 0.4) is 0 Å². The molecule has 3 aromatic rings. The monoisotopic (exact) mass is 310 g/mol. The van der Waals surface area contributed by atoms with E-state index >= 15 is 0 Å². The topological polar surface area (TPSA) is 34.0 Å². The van der Waals surface area contributed by atoms with Gasteiger partial charge >= 0.3 is 0 Å². The normalized spacial score (nSPS) is 17.2. The van der Waals surface area contributed by atoms with Crippen LogP contribution in [0.25, 0.3) is 21.8 Å². The first-order chi connectivity index (χ1) is 10.7. The molecule has 0 saturated heterocycles. The molecule has 2 aliphatic rings. The number of carbonyl (C=O) groups excluding carboxylic acids is 1. The van der Waals surface area contributed by atoms with Gasteiger partial charge in [-0.2, -0.15) is 0 Å². The molecule has 0 aliphatic carbocycles. The van der Waals surface area contributed by atoms with Gasteiger partial charge in [-0.05, 0) is 54.3 Å². The molecule has 3 heterocycles. The molecule has 0 fully saturated rings. The fourth-order valence-electron chi connectivity index (χ4n) is 4.08. The second-order valence-corrected chi connectivity index (χ2v) is 6.65. The lowest BCUT2D eigenvalue weighted by atomic mass is 9.90. The molecule has 22 heavy (non-hydrogen) atoms. The zero-order chi connectivity index (χ0) is 14.8. The van der Waals surface area contributed by atoms with E-state index in [1.54, 1.807) is 0 Å². The summed E-state index contributed by atoms with van der Waals surface area (Å²) in [7, 11) is 0. The summed E-state index contributed by atoms with van der Waals surface area (Å²) in [6.07, 6.45) is 2.43. The number of hydrogen-bond donors (Lipinski definition) is 1. The van der Waals surface area contributed by atoms with Crippen molar-refractivity contribution in [1.29, 1.82) is 0 Å². The first-order valence-electron chi connectivity index (χ1n) is 7.75. The van der Waals surface area contributed by atoms with Crippen LogP contribution in [0.4, 0.5) is 0 Å². The van der Waals surface area contributed by atoms with Crippen molar-refractivity contribution in [3.63, 3.8) is 0 Å². The Kier molecular flexibility index (Phi) is 2.50. The number of aromatic nitrogens is 1. The molecular formula is C18H15ClN2O. The van der Waals surface area contributed by atoms with Crippen molar-refractivity contribution in [2.45, 2.75) is 25.8 Å². The van der Waals surface area contributed by atoms with Crippen LogP contribution in [0.15, 0.2) is 24.3 Å². The molecule has 0 saturated carbocycles. The maximum Gasteiger partial charge on any atom is 0.231 e. The number of hydrogen-bond acceptors (Lipinski definition) is 2. The summed E-state index contributed by atoms with van der Waals surface area (Å²) in [5.41, 5.74) is 6.18. The van der Waals surface area contributed by atoms with Crippen LogP contribution in [-0.4, -0.2) is 17.0 Å². The van der Waals surface area contributed by atoms with Crippen LogP contribution in [0.1, 0.15) is 27.9 Å². The van der Waals surface area contributed by atoms with Crippen molar-refractivity contribution in [3.05, 3.63) is 46.0 Å². The van der Waals surface area contributed by atoms with E-state index in [-0.39, 0.29) is 5.91 Å². The maximum atomic E-state index is 12.5. The van der Waals surface area contributed by atoms with E-state index in [0.29, 0.717) is 6.42 Å². The summed E-state index contributed by atoms with van der Waals surface area (Å²) in [4.78, 5) is 12.5. The van der Waals surface area contributed by atoms with E-state index in [4.69, 9.17) is 11.6 Å². The molecule has 1 aromatic heterocycles. The van der Waals surface area contributed by atoms with Gasteiger partial charge in [0.25, 0.3) is 0 Å². The highest BCUT2D eigenvalue weighted by Gasteiger charge is 2.27. The Hall–Kier alpha value is -1.84. The molecule has 4 heteroatoms. The third-order valence-electron chi connectivity index (χ3n) is 5.00. The van der Waals surface area contributed by atoms with Gasteiger partial charge in [-0.25, -0.2) is 0 Å². The third kappa shape index (κ3) is 1.53. The number of nitrogens with one attached hydrogen (secondary N) is 1. The Morgan fingerprint density at radius 1 is 1.09 bits per heavy atom. The fourth-order valence-corrected chi connectivity index (χ4v) is 4.25. The third-order valence-corrected chi connectivity index (χ3v) is 5.23. The quantitative estimate of drug-likeness (QED) is 0.687. The van der Waals surface area contributed by atoms with Gasteiger partial charge in [0.15, 0.2) is 0 Å². The Morgan fingerprint density at radius 2 is 2.00 bits per heavy atom. The lowest BCUT2D eigenvalue weighted by molar-refractivity contribution is 0.0908. The predicted octanol–water partition coefficient (Wildman–Crippen LogP) is 3.68. The number of fused-ring (bicyclic) bond motifs is 5. The Bertz CT molecular complexity index is 971. The van der Waals surface area contributed by atoms with Crippen molar-refractivity contribution >= 4 is 39.3 Å². The van der Waals surface area contributed by atoms with Crippen LogP contribution in [0, 0.1) is 0 Å².